The Hall–Kier alpha value is -1.91. The van der Waals surface area contributed by atoms with Crippen molar-refractivity contribution >= 4 is 11.8 Å². The molecule has 0 spiro atoms. The van der Waals surface area contributed by atoms with Gasteiger partial charge in [0.25, 0.3) is 11.8 Å². The maximum absolute atomic E-state index is 12.0. The van der Waals surface area contributed by atoms with Crippen molar-refractivity contribution < 1.29 is 9.59 Å². The quantitative estimate of drug-likeness (QED) is 0.884. The standard InChI is InChI=1S/C15H23N3O2/c1-10(2)9-16-13(19)11-7-6-8-12(17-11)14(20)18-15(3,4)5/h6-8,10H,9H2,1-5H3,(H,16,19)(H,18,20). The van der Waals surface area contributed by atoms with Crippen molar-refractivity contribution in [1.29, 1.82) is 0 Å². The number of nitrogens with one attached hydrogen (secondary N) is 2. The third kappa shape index (κ3) is 5.38. The van der Waals surface area contributed by atoms with Gasteiger partial charge in [0, 0.05) is 12.1 Å². The highest BCUT2D eigenvalue weighted by Gasteiger charge is 2.17. The first kappa shape index (κ1) is 16.1. The van der Waals surface area contributed by atoms with Gasteiger partial charge in [-0.1, -0.05) is 19.9 Å². The monoisotopic (exact) mass is 277 g/mol. The minimum Gasteiger partial charge on any atom is -0.350 e. The van der Waals surface area contributed by atoms with Crippen molar-refractivity contribution in [3.63, 3.8) is 0 Å². The first-order valence-electron chi connectivity index (χ1n) is 6.77. The predicted octanol–water partition coefficient (Wildman–Crippen LogP) is 2.00. The number of aromatic nitrogens is 1. The highest BCUT2D eigenvalue weighted by Crippen LogP contribution is 2.04. The summed E-state index contributed by atoms with van der Waals surface area (Å²) < 4.78 is 0. The summed E-state index contributed by atoms with van der Waals surface area (Å²) in [6.07, 6.45) is 0. The Kier molecular flexibility index (Phi) is 5.25. The lowest BCUT2D eigenvalue weighted by atomic mass is 10.1. The van der Waals surface area contributed by atoms with E-state index in [4.69, 9.17) is 0 Å². The molecule has 0 aliphatic carbocycles. The molecule has 2 N–H and O–H groups in total. The Morgan fingerprint density at radius 2 is 1.70 bits per heavy atom. The molecule has 0 unspecified atom stereocenters. The molecule has 0 aliphatic rings. The SMILES string of the molecule is CC(C)CNC(=O)c1cccc(C(=O)NC(C)(C)C)n1. The molecule has 1 heterocycles. The van der Waals surface area contributed by atoms with Crippen LogP contribution < -0.4 is 10.6 Å². The Bertz CT molecular complexity index is 490. The van der Waals surface area contributed by atoms with Crippen molar-refractivity contribution in [1.82, 2.24) is 15.6 Å². The summed E-state index contributed by atoms with van der Waals surface area (Å²) in [5, 5.41) is 5.60. The topological polar surface area (TPSA) is 71.1 Å². The zero-order valence-electron chi connectivity index (χ0n) is 12.8. The van der Waals surface area contributed by atoms with Crippen molar-refractivity contribution in [3.8, 4) is 0 Å². The van der Waals surface area contributed by atoms with Crippen LogP contribution >= 0.6 is 0 Å². The van der Waals surface area contributed by atoms with Gasteiger partial charge < -0.3 is 10.6 Å². The van der Waals surface area contributed by atoms with E-state index in [0.29, 0.717) is 12.5 Å². The number of carbonyl (C=O) groups excluding carboxylic acids is 2. The molecule has 0 bridgehead atoms. The molecule has 0 radical (unpaired) electrons. The first-order valence-corrected chi connectivity index (χ1v) is 6.77. The minimum atomic E-state index is -0.339. The van der Waals surface area contributed by atoms with Crippen LogP contribution in [-0.2, 0) is 0 Å². The highest BCUT2D eigenvalue weighted by molar-refractivity contribution is 5.96. The van der Waals surface area contributed by atoms with Gasteiger partial charge in [0.1, 0.15) is 11.4 Å². The largest absolute Gasteiger partial charge is 0.350 e. The molecule has 0 saturated carbocycles. The Labute approximate surface area is 120 Å². The van der Waals surface area contributed by atoms with Gasteiger partial charge in [-0.05, 0) is 38.8 Å². The number of hydrogen-bond acceptors (Lipinski definition) is 3. The maximum Gasteiger partial charge on any atom is 0.270 e. The summed E-state index contributed by atoms with van der Waals surface area (Å²) in [6, 6.07) is 4.86. The summed E-state index contributed by atoms with van der Waals surface area (Å²) >= 11 is 0. The van der Waals surface area contributed by atoms with E-state index in [2.05, 4.69) is 15.6 Å². The van der Waals surface area contributed by atoms with E-state index in [1.807, 2.05) is 34.6 Å². The van der Waals surface area contributed by atoms with Crippen LogP contribution in [0.3, 0.4) is 0 Å². The molecule has 0 aromatic carbocycles. The molecule has 1 aromatic rings. The fourth-order valence-corrected chi connectivity index (χ4v) is 1.48. The number of pyridine rings is 1. The second kappa shape index (κ2) is 6.50. The molecule has 0 aliphatic heterocycles. The van der Waals surface area contributed by atoms with E-state index in [1.165, 1.54) is 0 Å². The van der Waals surface area contributed by atoms with Crippen molar-refractivity contribution in [2.75, 3.05) is 6.54 Å². The van der Waals surface area contributed by atoms with Gasteiger partial charge in [-0.2, -0.15) is 0 Å². The molecule has 20 heavy (non-hydrogen) atoms. The van der Waals surface area contributed by atoms with Gasteiger partial charge >= 0.3 is 0 Å². The van der Waals surface area contributed by atoms with Crippen LogP contribution in [-0.4, -0.2) is 28.9 Å². The number of carbonyl (C=O) groups is 2. The lowest BCUT2D eigenvalue weighted by molar-refractivity contribution is 0.0914. The van der Waals surface area contributed by atoms with Crippen LogP contribution in [0.1, 0.15) is 55.6 Å². The van der Waals surface area contributed by atoms with Crippen molar-refractivity contribution in [2.24, 2.45) is 5.92 Å². The summed E-state index contributed by atoms with van der Waals surface area (Å²) in [4.78, 5) is 28.0. The molecule has 5 nitrogen and oxygen atoms in total. The molecule has 0 fully saturated rings. The number of nitrogens with zero attached hydrogens (tertiary/aromatic N) is 1. The summed E-state index contributed by atoms with van der Waals surface area (Å²) in [5.41, 5.74) is 0.165. The van der Waals surface area contributed by atoms with Crippen LogP contribution in [0.5, 0.6) is 0 Å². The summed E-state index contributed by atoms with van der Waals surface area (Å²) in [5.74, 6) is -0.175. The van der Waals surface area contributed by atoms with E-state index in [0.717, 1.165) is 0 Å². The van der Waals surface area contributed by atoms with E-state index >= 15 is 0 Å². The molecule has 5 heteroatoms. The maximum atomic E-state index is 12.0. The molecular formula is C15H23N3O2. The van der Waals surface area contributed by atoms with Gasteiger partial charge in [0.15, 0.2) is 0 Å². The number of hydrogen-bond donors (Lipinski definition) is 2. The molecule has 0 atom stereocenters. The summed E-state index contributed by atoms with van der Waals surface area (Å²) in [7, 11) is 0. The smallest absolute Gasteiger partial charge is 0.270 e. The van der Waals surface area contributed by atoms with Crippen LogP contribution in [0, 0.1) is 5.92 Å². The van der Waals surface area contributed by atoms with Gasteiger partial charge in [-0.25, -0.2) is 4.98 Å². The average Bonchev–Trinajstić information content (AvgIpc) is 2.34. The average molecular weight is 277 g/mol. The fraction of sp³-hybridized carbons (Fsp3) is 0.533. The predicted molar refractivity (Wildman–Crippen MR) is 78.6 cm³/mol. The number of amides is 2. The molecule has 0 saturated heterocycles. The van der Waals surface area contributed by atoms with Gasteiger partial charge in [0.2, 0.25) is 0 Å². The van der Waals surface area contributed by atoms with Gasteiger partial charge in [-0.3, -0.25) is 9.59 Å². The van der Waals surface area contributed by atoms with E-state index in [9.17, 15) is 9.59 Å². The second-order valence-corrected chi connectivity index (χ2v) is 6.22. The zero-order valence-corrected chi connectivity index (χ0v) is 12.8. The molecular weight excluding hydrogens is 254 g/mol. The molecule has 2 amide bonds. The van der Waals surface area contributed by atoms with Crippen LogP contribution in [0.15, 0.2) is 18.2 Å². The lowest BCUT2D eigenvalue weighted by Crippen LogP contribution is -2.41. The Morgan fingerprint density at radius 3 is 2.20 bits per heavy atom. The van der Waals surface area contributed by atoms with E-state index < -0.39 is 0 Å². The van der Waals surface area contributed by atoms with Crippen LogP contribution in [0.4, 0.5) is 0 Å². The lowest BCUT2D eigenvalue weighted by Gasteiger charge is -2.20. The second-order valence-electron chi connectivity index (χ2n) is 6.22. The van der Waals surface area contributed by atoms with Gasteiger partial charge in [0.05, 0.1) is 0 Å². The zero-order chi connectivity index (χ0) is 15.3. The third-order valence-electron chi connectivity index (χ3n) is 2.37. The normalized spacial score (nSPS) is 11.3. The van der Waals surface area contributed by atoms with Crippen LogP contribution in [0.25, 0.3) is 0 Å². The summed E-state index contributed by atoms with van der Waals surface area (Å²) in [6.45, 7) is 10.3. The van der Waals surface area contributed by atoms with Crippen LogP contribution in [0.2, 0.25) is 0 Å². The van der Waals surface area contributed by atoms with E-state index in [1.54, 1.807) is 18.2 Å². The highest BCUT2D eigenvalue weighted by atomic mass is 16.2. The molecule has 110 valence electrons. The minimum absolute atomic E-state index is 0.247. The van der Waals surface area contributed by atoms with Crippen molar-refractivity contribution in [3.05, 3.63) is 29.6 Å². The Morgan fingerprint density at radius 1 is 1.15 bits per heavy atom. The van der Waals surface area contributed by atoms with Crippen molar-refractivity contribution in [2.45, 2.75) is 40.2 Å². The Balaban J connectivity index is 2.80. The fourth-order valence-electron chi connectivity index (χ4n) is 1.48. The molecule has 1 aromatic heterocycles. The first-order chi connectivity index (χ1) is 9.19. The third-order valence-corrected chi connectivity index (χ3v) is 2.37. The van der Waals surface area contributed by atoms with Gasteiger partial charge in [-0.15, -0.1) is 0 Å². The molecule has 1 rings (SSSR count). The number of rotatable bonds is 4. The van der Waals surface area contributed by atoms with E-state index in [-0.39, 0.29) is 28.7 Å².